The first kappa shape index (κ1) is 12.6. The molecule has 19 heavy (non-hydrogen) atoms. The summed E-state index contributed by atoms with van der Waals surface area (Å²) >= 11 is 5.74. The maximum absolute atomic E-state index is 12.8. The van der Waals surface area contributed by atoms with Crippen molar-refractivity contribution in [1.82, 2.24) is 9.55 Å². The van der Waals surface area contributed by atoms with Gasteiger partial charge in [-0.3, -0.25) is 0 Å². The third-order valence-electron chi connectivity index (χ3n) is 3.08. The van der Waals surface area contributed by atoms with Crippen molar-refractivity contribution in [2.75, 3.05) is 12.3 Å². The molecule has 8 heteroatoms. The van der Waals surface area contributed by atoms with Crippen LogP contribution in [0.15, 0.2) is 6.07 Å². The molecule has 0 amide bonds. The van der Waals surface area contributed by atoms with E-state index in [0.29, 0.717) is 24.5 Å². The highest BCUT2D eigenvalue weighted by molar-refractivity contribution is 6.35. The van der Waals surface area contributed by atoms with Crippen LogP contribution in [0.4, 0.5) is 18.9 Å². The number of nitrogens with two attached hydrogens (primary N) is 1. The van der Waals surface area contributed by atoms with E-state index in [1.54, 1.807) is 4.57 Å². The van der Waals surface area contributed by atoms with Crippen LogP contribution in [0.25, 0.3) is 11.0 Å². The Hall–Kier alpha value is -1.47. The first-order valence-electron chi connectivity index (χ1n) is 5.51. The molecule has 0 aliphatic carbocycles. The van der Waals surface area contributed by atoms with Gasteiger partial charge >= 0.3 is 6.18 Å². The van der Waals surface area contributed by atoms with Crippen molar-refractivity contribution in [2.24, 2.45) is 0 Å². The Bertz CT molecular complexity index is 665. The van der Waals surface area contributed by atoms with Gasteiger partial charge in [-0.05, 0) is 6.07 Å². The summed E-state index contributed by atoms with van der Waals surface area (Å²) in [7, 11) is 0. The molecule has 0 spiro atoms. The van der Waals surface area contributed by atoms with E-state index in [0.717, 1.165) is 6.07 Å². The fraction of sp³-hybridized carbons (Fsp3) is 0.364. The average molecular weight is 292 g/mol. The number of halogens is 4. The van der Waals surface area contributed by atoms with Gasteiger partial charge in [0.2, 0.25) is 0 Å². The van der Waals surface area contributed by atoms with Gasteiger partial charge in [0.15, 0.2) is 0 Å². The van der Waals surface area contributed by atoms with Crippen LogP contribution >= 0.6 is 11.6 Å². The van der Waals surface area contributed by atoms with Gasteiger partial charge in [0, 0.05) is 6.54 Å². The molecular weight excluding hydrogens is 283 g/mol. The molecule has 0 radical (unpaired) electrons. The third-order valence-corrected chi connectivity index (χ3v) is 3.49. The zero-order valence-corrected chi connectivity index (χ0v) is 10.3. The largest absolute Gasteiger partial charge is 0.418 e. The van der Waals surface area contributed by atoms with E-state index in [2.05, 4.69) is 4.98 Å². The van der Waals surface area contributed by atoms with E-state index in [-0.39, 0.29) is 17.8 Å². The van der Waals surface area contributed by atoms with Crippen molar-refractivity contribution in [1.29, 1.82) is 0 Å². The van der Waals surface area contributed by atoms with E-state index in [1.165, 1.54) is 0 Å². The maximum atomic E-state index is 12.8. The average Bonchev–Trinajstić information content (AvgIpc) is 2.70. The van der Waals surface area contributed by atoms with Crippen LogP contribution in [-0.4, -0.2) is 16.2 Å². The standard InChI is InChI=1S/C11H9ClF3N3O/c12-8-5(11(13,14)15)3-6-10(9(8)16)18-1-2-19-4-7(18)17-6/h3H,1-2,4,16H2. The minimum absolute atomic E-state index is 0.0906. The molecule has 2 heterocycles. The number of imidazole rings is 1. The molecule has 0 fully saturated rings. The Balaban J connectivity index is 2.34. The fourth-order valence-corrected chi connectivity index (χ4v) is 2.48. The van der Waals surface area contributed by atoms with Crippen LogP contribution in [0, 0.1) is 0 Å². The van der Waals surface area contributed by atoms with Crippen molar-refractivity contribution in [3.63, 3.8) is 0 Å². The summed E-state index contributed by atoms with van der Waals surface area (Å²) in [5.41, 5.74) is 5.33. The molecule has 2 aromatic rings. The second kappa shape index (κ2) is 4.01. The number of hydrogen-bond donors (Lipinski definition) is 1. The summed E-state index contributed by atoms with van der Waals surface area (Å²) in [6.07, 6.45) is -4.56. The molecule has 2 N–H and O–H groups in total. The van der Waals surface area contributed by atoms with E-state index >= 15 is 0 Å². The van der Waals surface area contributed by atoms with Crippen LogP contribution in [0.5, 0.6) is 0 Å². The third kappa shape index (κ3) is 1.84. The van der Waals surface area contributed by atoms with Crippen LogP contribution in [0.3, 0.4) is 0 Å². The predicted molar refractivity (Wildman–Crippen MR) is 63.8 cm³/mol. The Labute approximate surface area is 110 Å². The molecule has 0 saturated carbocycles. The second-order valence-corrected chi connectivity index (χ2v) is 4.63. The summed E-state index contributed by atoms with van der Waals surface area (Å²) in [5.74, 6) is 0.559. The summed E-state index contributed by atoms with van der Waals surface area (Å²) in [6, 6.07) is 0.930. The maximum Gasteiger partial charge on any atom is 0.418 e. The lowest BCUT2D eigenvalue weighted by molar-refractivity contribution is -0.137. The molecule has 4 nitrogen and oxygen atoms in total. The topological polar surface area (TPSA) is 53.1 Å². The lowest BCUT2D eigenvalue weighted by atomic mass is 10.1. The van der Waals surface area contributed by atoms with Gasteiger partial charge in [0.05, 0.1) is 33.9 Å². The predicted octanol–water partition coefficient (Wildman–Crippen LogP) is 2.82. The Morgan fingerprint density at radius 1 is 1.42 bits per heavy atom. The number of rotatable bonds is 0. The number of benzene rings is 1. The van der Waals surface area contributed by atoms with E-state index in [9.17, 15) is 13.2 Å². The molecule has 0 atom stereocenters. The number of fused-ring (bicyclic) bond motifs is 3. The SMILES string of the molecule is Nc1c(Cl)c(C(F)(F)F)cc2nc3n(c12)CCOC3. The molecule has 1 aromatic heterocycles. The highest BCUT2D eigenvalue weighted by atomic mass is 35.5. The van der Waals surface area contributed by atoms with Gasteiger partial charge < -0.3 is 15.0 Å². The number of nitrogen functional groups attached to an aromatic ring is 1. The quantitative estimate of drug-likeness (QED) is 0.759. The first-order valence-corrected chi connectivity index (χ1v) is 5.89. The second-order valence-electron chi connectivity index (χ2n) is 4.25. The van der Waals surface area contributed by atoms with Crippen molar-refractivity contribution in [3.8, 4) is 0 Å². The number of anilines is 1. The zero-order chi connectivity index (χ0) is 13.8. The number of aromatic nitrogens is 2. The van der Waals surface area contributed by atoms with Crippen LogP contribution in [-0.2, 0) is 24.1 Å². The van der Waals surface area contributed by atoms with Gasteiger partial charge in [-0.15, -0.1) is 0 Å². The molecule has 1 aromatic carbocycles. The van der Waals surface area contributed by atoms with Gasteiger partial charge in [0.1, 0.15) is 12.4 Å². The number of nitrogens with zero attached hydrogens (tertiary/aromatic N) is 2. The Morgan fingerprint density at radius 3 is 2.84 bits per heavy atom. The Kier molecular flexibility index (Phi) is 2.65. The highest BCUT2D eigenvalue weighted by Gasteiger charge is 2.35. The molecule has 1 aliphatic rings. The van der Waals surface area contributed by atoms with Gasteiger partial charge in [0.25, 0.3) is 0 Å². The molecule has 0 unspecified atom stereocenters. The minimum atomic E-state index is -4.56. The number of hydrogen-bond acceptors (Lipinski definition) is 3. The molecule has 0 bridgehead atoms. The molecule has 102 valence electrons. The van der Waals surface area contributed by atoms with E-state index in [1.807, 2.05) is 0 Å². The number of alkyl halides is 3. The van der Waals surface area contributed by atoms with Crippen molar-refractivity contribution >= 4 is 28.3 Å². The van der Waals surface area contributed by atoms with Crippen LogP contribution < -0.4 is 5.73 Å². The van der Waals surface area contributed by atoms with Gasteiger partial charge in [-0.1, -0.05) is 11.6 Å². The van der Waals surface area contributed by atoms with E-state index in [4.69, 9.17) is 22.1 Å². The van der Waals surface area contributed by atoms with Gasteiger partial charge in [-0.2, -0.15) is 13.2 Å². The normalized spacial score (nSPS) is 15.8. The molecule has 0 saturated heterocycles. The smallest absolute Gasteiger partial charge is 0.396 e. The highest BCUT2D eigenvalue weighted by Crippen LogP contribution is 2.41. The zero-order valence-electron chi connectivity index (χ0n) is 9.59. The molecule has 3 rings (SSSR count). The van der Waals surface area contributed by atoms with Crippen LogP contribution in [0.2, 0.25) is 5.02 Å². The van der Waals surface area contributed by atoms with E-state index < -0.39 is 16.8 Å². The van der Waals surface area contributed by atoms with Gasteiger partial charge in [-0.25, -0.2) is 4.98 Å². The lowest BCUT2D eigenvalue weighted by Crippen LogP contribution is -2.17. The Morgan fingerprint density at radius 2 is 2.16 bits per heavy atom. The van der Waals surface area contributed by atoms with Crippen LogP contribution in [0.1, 0.15) is 11.4 Å². The monoisotopic (exact) mass is 291 g/mol. The minimum Gasteiger partial charge on any atom is -0.396 e. The lowest BCUT2D eigenvalue weighted by Gasteiger charge is -2.16. The molecule has 1 aliphatic heterocycles. The van der Waals surface area contributed by atoms with Crippen molar-refractivity contribution in [3.05, 3.63) is 22.5 Å². The molecular formula is C11H9ClF3N3O. The summed E-state index contributed by atoms with van der Waals surface area (Å²) in [5, 5.41) is -0.478. The summed E-state index contributed by atoms with van der Waals surface area (Å²) in [4.78, 5) is 4.13. The fourth-order valence-electron chi connectivity index (χ4n) is 2.23. The van der Waals surface area contributed by atoms with Crippen molar-refractivity contribution < 1.29 is 17.9 Å². The summed E-state index contributed by atoms with van der Waals surface area (Å²) < 4.78 is 45.5. The number of ether oxygens (including phenoxy) is 1. The summed E-state index contributed by atoms with van der Waals surface area (Å²) in [6.45, 7) is 1.22. The first-order chi connectivity index (χ1) is 8.89. The van der Waals surface area contributed by atoms with Crippen molar-refractivity contribution in [2.45, 2.75) is 19.3 Å².